The van der Waals surface area contributed by atoms with Gasteiger partial charge in [0.15, 0.2) is 0 Å². The number of anilines is 1. The Morgan fingerprint density at radius 1 is 1.29 bits per heavy atom. The van der Waals surface area contributed by atoms with Crippen LogP contribution < -0.4 is 16.0 Å². The molecule has 4 nitrogen and oxygen atoms in total. The number of nitrogens with one attached hydrogen (secondary N) is 3. The fraction of sp³-hybridized carbons (Fsp3) is 0.588. The second-order valence-electron chi connectivity index (χ2n) is 6.25. The summed E-state index contributed by atoms with van der Waals surface area (Å²) in [5.74, 6) is 1.45. The van der Waals surface area contributed by atoms with Crippen LogP contribution in [0.2, 0.25) is 0 Å². The highest BCUT2D eigenvalue weighted by Crippen LogP contribution is 2.29. The van der Waals surface area contributed by atoms with Crippen LogP contribution in [0.4, 0.5) is 10.5 Å². The lowest BCUT2D eigenvalue weighted by Gasteiger charge is -2.13. The lowest BCUT2D eigenvalue weighted by Crippen LogP contribution is -2.32. The van der Waals surface area contributed by atoms with Gasteiger partial charge in [-0.1, -0.05) is 25.5 Å². The molecule has 1 aromatic carbocycles. The maximum Gasteiger partial charge on any atom is 0.319 e. The Morgan fingerprint density at radius 2 is 2.00 bits per heavy atom. The summed E-state index contributed by atoms with van der Waals surface area (Å²) in [6.07, 6.45) is 3.76. The lowest BCUT2D eigenvalue weighted by atomic mass is 10.1. The first-order valence-corrected chi connectivity index (χ1v) is 7.90. The summed E-state index contributed by atoms with van der Waals surface area (Å²) in [7, 11) is 1.94. The molecule has 0 bridgehead atoms. The van der Waals surface area contributed by atoms with Crippen LogP contribution in [0.25, 0.3) is 0 Å². The van der Waals surface area contributed by atoms with Crippen LogP contribution in [0.3, 0.4) is 0 Å². The average Bonchev–Trinajstić information content (AvgIpc) is 2.91. The molecule has 1 aliphatic carbocycles. The summed E-state index contributed by atoms with van der Waals surface area (Å²) >= 11 is 0. The summed E-state index contributed by atoms with van der Waals surface area (Å²) in [5, 5.41) is 9.07. The zero-order valence-electron chi connectivity index (χ0n) is 13.3. The Morgan fingerprint density at radius 3 is 2.57 bits per heavy atom. The summed E-state index contributed by atoms with van der Waals surface area (Å²) < 4.78 is 0. The van der Waals surface area contributed by atoms with E-state index in [2.05, 4.69) is 29.8 Å². The lowest BCUT2D eigenvalue weighted by molar-refractivity contribution is 0.250. The van der Waals surface area contributed by atoms with E-state index in [-0.39, 0.29) is 6.03 Å². The van der Waals surface area contributed by atoms with Crippen molar-refractivity contribution in [1.29, 1.82) is 0 Å². The molecule has 0 spiro atoms. The van der Waals surface area contributed by atoms with Crippen molar-refractivity contribution in [3.05, 3.63) is 29.8 Å². The standard InChI is InChI=1S/C17H27N3O/c1-12-4-5-14(10-12)11-19-17(21)20-16-8-6-15(7-9-16)13(2)18-3/h6-9,12-14,18H,4-5,10-11H2,1-3H3,(H2,19,20,21). The number of urea groups is 1. The van der Waals surface area contributed by atoms with Crippen molar-refractivity contribution in [3.8, 4) is 0 Å². The van der Waals surface area contributed by atoms with Crippen LogP contribution >= 0.6 is 0 Å². The van der Waals surface area contributed by atoms with Crippen LogP contribution in [-0.2, 0) is 0 Å². The Bertz CT molecular complexity index is 458. The molecule has 1 aliphatic rings. The molecule has 116 valence electrons. The van der Waals surface area contributed by atoms with E-state index in [1.165, 1.54) is 24.8 Å². The molecule has 1 saturated carbocycles. The minimum absolute atomic E-state index is 0.107. The molecule has 0 radical (unpaired) electrons. The number of carbonyl (C=O) groups excluding carboxylic acids is 1. The van der Waals surface area contributed by atoms with Crippen LogP contribution in [0.5, 0.6) is 0 Å². The number of benzene rings is 1. The van der Waals surface area contributed by atoms with Crippen molar-refractivity contribution in [2.75, 3.05) is 18.9 Å². The SMILES string of the molecule is CNC(C)c1ccc(NC(=O)NCC2CCC(C)C2)cc1. The van der Waals surface area contributed by atoms with Crippen LogP contribution in [0, 0.1) is 11.8 Å². The van der Waals surface area contributed by atoms with Gasteiger partial charge in [-0.2, -0.15) is 0 Å². The molecule has 0 heterocycles. The third-order valence-electron chi connectivity index (χ3n) is 4.46. The minimum Gasteiger partial charge on any atom is -0.338 e. The largest absolute Gasteiger partial charge is 0.338 e. The Labute approximate surface area is 127 Å². The first-order chi connectivity index (χ1) is 10.1. The van der Waals surface area contributed by atoms with E-state index in [0.29, 0.717) is 12.0 Å². The van der Waals surface area contributed by atoms with Gasteiger partial charge in [-0.25, -0.2) is 4.79 Å². The van der Waals surface area contributed by atoms with Crippen LogP contribution in [0.15, 0.2) is 24.3 Å². The number of carbonyl (C=O) groups is 1. The molecule has 0 saturated heterocycles. The average molecular weight is 289 g/mol. The molecule has 3 atom stereocenters. The molecule has 1 fully saturated rings. The summed E-state index contributed by atoms with van der Waals surface area (Å²) in [5.41, 5.74) is 2.04. The van der Waals surface area contributed by atoms with E-state index in [1.807, 2.05) is 31.3 Å². The smallest absolute Gasteiger partial charge is 0.319 e. The molecular formula is C17H27N3O. The molecule has 21 heavy (non-hydrogen) atoms. The monoisotopic (exact) mass is 289 g/mol. The van der Waals surface area contributed by atoms with Gasteiger partial charge in [0.25, 0.3) is 0 Å². The van der Waals surface area contributed by atoms with Gasteiger partial charge in [0.2, 0.25) is 0 Å². The number of hydrogen-bond acceptors (Lipinski definition) is 2. The second-order valence-corrected chi connectivity index (χ2v) is 6.25. The molecule has 2 amide bonds. The quantitative estimate of drug-likeness (QED) is 0.777. The highest BCUT2D eigenvalue weighted by Gasteiger charge is 2.21. The van der Waals surface area contributed by atoms with Gasteiger partial charge in [-0.3, -0.25) is 0 Å². The molecule has 3 N–H and O–H groups in total. The van der Waals surface area contributed by atoms with E-state index in [1.54, 1.807) is 0 Å². The van der Waals surface area contributed by atoms with Gasteiger partial charge in [-0.05, 0) is 56.3 Å². The summed E-state index contributed by atoms with van der Waals surface area (Å²) in [6, 6.07) is 8.17. The van der Waals surface area contributed by atoms with Gasteiger partial charge in [0, 0.05) is 18.3 Å². The number of amides is 2. The van der Waals surface area contributed by atoms with E-state index in [9.17, 15) is 4.79 Å². The van der Waals surface area contributed by atoms with Crippen LogP contribution in [0.1, 0.15) is 44.7 Å². The molecule has 4 heteroatoms. The molecule has 0 aromatic heterocycles. The number of hydrogen-bond donors (Lipinski definition) is 3. The Kier molecular flexibility index (Phi) is 5.62. The molecule has 2 rings (SSSR count). The molecular weight excluding hydrogens is 262 g/mol. The minimum atomic E-state index is -0.107. The van der Waals surface area contributed by atoms with E-state index in [4.69, 9.17) is 0 Å². The van der Waals surface area contributed by atoms with E-state index in [0.717, 1.165) is 18.2 Å². The van der Waals surface area contributed by atoms with Gasteiger partial charge >= 0.3 is 6.03 Å². The van der Waals surface area contributed by atoms with Crippen molar-refractivity contribution >= 4 is 11.7 Å². The van der Waals surface area contributed by atoms with Crippen molar-refractivity contribution in [1.82, 2.24) is 10.6 Å². The predicted octanol–water partition coefficient (Wildman–Crippen LogP) is 3.52. The van der Waals surface area contributed by atoms with Gasteiger partial charge < -0.3 is 16.0 Å². The zero-order valence-corrected chi connectivity index (χ0v) is 13.3. The number of rotatable bonds is 5. The summed E-state index contributed by atoms with van der Waals surface area (Å²) in [4.78, 5) is 11.9. The molecule has 1 aromatic rings. The second kappa shape index (κ2) is 7.46. The van der Waals surface area contributed by atoms with Crippen molar-refractivity contribution in [2.24, 2.45) is 11.8 Å². The normalized spacial score (nSPS) is 22.8. The molecule has 3 unspecified atom stereocenters. The highest BCUT2D eigenvalue weighted by molar-refractivity contribution is 5.89. The van der Waals surface area contributed by atoms with E-state index < -0.39 is 0 Å². The highest BCUT2D eigenvalue weighted by atomic mass is 16.2. The first-order valence-electron chi connectivity index (χ1n) is 7.90. The fourth-order valence-electron chi connectivity index (χ4n) is 2.94. The Balaban J connectivity index is 1.77. The third kappa shape index (κ3) is 4.74. The van der Waals surface area contributed by atoms with E-state index >= 15 is 0 Å². The maximum absolute atomic E-state index is 11.9. The summed E-state index contributed by atoms with van der Waals surface area (Å²) in [6.45, 7) is 5.18. The Hall–Kier alpha value is -1.55. The molecule has 0 aliphatic heterocycles. The predicted molar refractivity (Wildman–Crippen MR) is 87.4 cm³/mol. The van der Waals surface area contributed by atoms with Crippen molar-refractivity contribution < 1.29 is 4.79 Å². The van der Waals surface area contributed by atoms with Gasteiger partial charge in [0.1, 0.15) is 0 Å². The van der Waals surface area contributed by atoms with Gasteiger partial charge in [-0.15, -0.1) is 0 Å². The van der Waals surface area contributed by atoms with Crippen molar-refractivity contribution in [3.63, 3.8) is 0 Å². The van der Waals surface area contributed by atoms with Crippen LogP contribution in [-0.4, -0.2) is 19.6 Å². The fourth-order valence-corrected chi connectivity index (χ4v) is 2.94. The maximum atomic E-state index is 11.9. The van der Waals surface area contributed by atoms with Crippen molar-refractivity contribution in [2.45, 2.75) is 39.2 Å². The van der Waals surface area contributed by atoms with Gasteiger partial charge in [0.05, 0.1) is 0 Å². The third-order valence-corrected chi connectivity index (χ3v) is 4.46. The first kappa shape index (κ1) is 15.8. The topological polar surface area (TPSA) is 53.2 Å². The zero-order chi connectivity index (χ0) is 15.2.